The summed E-state index contributed by atoms with van der Waals surface area (Å²) in [6.07, 6.45) is 1.92. The molecule has 0 saturated carbocycles. The Hall–Kier alpha value is -3.76. The van der Waals surface area contributed by atoms with Gasteiger partial charge in [-0.2, -0.15) is 12.7 Å². The van der Waals surface area contributed by atoms with Crippen molar-refractivity contribution in [2.45, 2.75) is 45.7 Å². The van der Waals surface area contributed by atoms with Crippen molar-refractivity contribution < 1.29 is 22.4 Å². The zero-order valence-electron chi connectivity index (χ0n) is 24.1. The van der Waals surface area contributed by atoms with Crippen LogP contribution in [0.15, 0.2) is 78.9 Å². The van der Waals surface area contributed by atoms with Gasteiger partial charge in [0.1, 0.15) is 18.4 Å². The molecule has 10 heteroatoms. The number of amides is 2. The van der Waals surface area contributed by atoms with E-state index in [9.17, 15) is 22.4 Å². The van der Waals surface area contributed by atoms with Crippen LogP contribution in [0, 0.1) is 12.7 Å². The Bertz CT molecular complexity index is 1380. The SMILES string of the molecule is CCCCNC(=O)C(Cc1ccccc1)N(Cc1ccc(C)cc1)C(=O)CN(c1ccc(F)cc1)S(=O)(=O)N(C)C. The van der Waals surface area contributed by atoms with Gasteiger partial charge in [0.15, 0.2) is 0 Å². The Morgan fingerprint density at radius 1 is 0.902 bits per heavy atom. The molecule has 0 heterocycles. The lowest BCUT2D eigenvalue weighted by molar-refractivity contribution is -0.140. The first-order valence-corrected chi connectivity index (χ1v) is 15.0. The minimum absolute atomic E-state index is 0.0943. The molecule has 3 aromatic carbocycles. The van der Waals surface area contributed by atoms with Crippen LogP contribution in [0.1, 0.15) is 36.5 Å². The number of unbranched alkanes of at least 4 members (excludes halogenated alkanes) is 1. The van der Waals surface area contributed by atoms with Crippen molar-refractivity contribution >= 4 is 27.7 Å². The molecule has 0 aliphatic heterocycles. The number of hydrogen-bond acceptors (Lipinski definition) is 4. The molecule has 1 unspecified atom stereocenters. The molecule has 0 aromatic heterocycles. The van der Waals surface area contributed by atoms with E-state index >= 15 is 0 Å². The molecule has 0 radical (unpaired) electrons. The molecule has 1 atom stereocenters. The zero-order valence-corrected chi connectivity index (χ0v) is 24.9. The van der Waals surface area contributed by atoms with Gasteiger partial charge in [-0.1, -0.05) is 73.5 Å². The van der Waals surface area contributed by atoms with Gasteiger partial charge in [0, 0.05) is 33.6 Å². The monoisotopic (exact) mass is 582 g/mol. The van der Waals surface area contributed by atoms with Crippen molar-refractivity contribution in [2.24, 2.45) is 0 Å². The molecule has 0 saturated heterocycles. The molecule has 8 nitrogen and oxygen atoms in total. The molecular weight excluding hydrogens is 543 g/mol. The number of halogens is 1. The number of anilines is 1. The molecule has 3 aromatic rings. The highest BCUT2D eigenvalue weighted by molar-refractivity contribution is 7.90. The second kappa shape index (κ2) is 14.7. The third kappa shape index (κ3) is 8.86. The molecule has 1 N–H and O–H groups in total. The van der Waals surface area contributed by atoms with Crippen LogP contribution in [-0.4, -0.2) is 62.7 Å². The predicted octanol–water partition coefficient (Wildman–Crippen LogP) is 4.30. The summed E-state index contributed by atoms with van der Waals surface area (Å²) in [5.41, 5.74) is 2.84. The quantitative estimate of drug-likeness (QED) is 0.287. The van der Waals surface area contributed by atoms with Crippen LogP contribution in [0.5, 0.6) is 0 Å². The summed E-state index contributed by atoms with van der Waals surface area (Å²) in [7, 11) is -1.42. The molecule has 0 aliphatic carbocycles. The molecular formula is C31H39FN4O4S. The summed E-state index contributed by atoms with van der Waals surface area (Å²) in [5.74, 6) is -1.41. The van der Waals surface area contributed by atoms with Crippen molar-refractivity contribution in [2.75, 3.05) is 31.5 Å². The average Bonchev–Trinajstić information content (AvgIpc) is 2.95. The van der Waals surface area contributed by atoms with Gasteiger partial charge in [-0.05, 0) is 48.7 Å². The maximum Gasteiger partial charge on any atom is 0.304 e. The Balaban J connectivity index is 2.06. The number of nitrogens with zero attached hydrogens (tertiary/aromatic N) is 3. The highest BCUT2D eigenvalue weighted by Crippen LogP contribution is 2.22. The van der Waals surface area contributed by atoms with Gasteiger partial charge in [-0.25, -0.2) is 8.70 Å². The van der Waals surface area contributed by atoms with E-state index < -0.39 is 34.5 Å². The largest absolute Gasteiger partial charge is 0.354 e. The summed E-state index contributed by atoms with van der Waals surface area (Å²) in [6.45, 7) is 3.96. The van der Waals surface area contributed by atoms with E-state index in [0.717, 1.165) is 50.3 Å². The molecule has 0 bridgehead atoms. The number of carbonyl (C=O) groups excluding carboxylic acids is 2. The van der Waals surface area contributed by atoms with Crippen molar-refractivity contribution in [3.8, 4) is 0 Å². The molecule has 41 heavy (non-hydrogen) atoms. The van der Waals surface area contributed by atoms with Crippen LogP contribution in [0.3, 0.4) is 0 Å². The highest BCUT2D eigenvalue weighted by Gasteiger charge is 2.34. The molecule has 0 spiro atoms. The number of aryl methyl sites for hydroxylation is 1. The molecule has 0 fully saturated rings. The fourth-order valence-corrected chi connectivity index (χ4v) is 5.33. The lowest BCUT2D eigenvalue weighted by Gasteiger charge is -2.34. The van der Waals surface area contributed by atoms with Crippen LogP contribution in [-0.2, 0) is 32.8 Å². The Labute approximate surface area is 243 Å². The summed E-state index contributed by atoms with van der Waals surface area (Å²) in [5, 5.41) is 2.96. The van der Waals surface area contributed by atoms with Crippen LogP contribution in [0.4, 0.5) is 10.1 Å². The molecule has 0 aliphatic rings. The van der Waals surface area contributed by atoms with E-state index in [1.807, 2.05) is 68.4 Å². The minimum Gasteiger partial charge on any atom is -0.354 e. The third-order valence-corrected chi connectivity index (χ3v) is 8.53. The Morgan fingerprint density at radius 3 is 2.12 bits per heavy atom. The second-order valence-electron chi connectivity index (χ2n) is 10.1. The highest BCUT2D eigenvalue weighted by atomic mass is 32.2. The van der Waals surface area contributed by atoms with E-state index in [-0.39, 0.29) is 24.6 Å². The molecule has 3 rings (SSSR count). The third-order valence-electron chi connectivity index (χ3n) is 6.71. The zero-order chi connectivity index (χ0) is 30.0. The van der Waals surface area contributed by atoms with Gasteiger partial charge < -0.3 is 10.2 Å². The van der Waals surface area contributed by atoms with Gasteiger partial charge in [0.25, 0.3) is 0 Å². The maximum atomic E-state index is 14.1. The maximum absolute atomic E-state index is 14.1. The first-order valence-electron chi connectivity index (χ1n) is 13.6. The van der Waals surface area contributed by atoms with Crippen molar-refractivity contribution in [3.63, 3.8) is 0 Å². The van der Waals surface area contributed by atoms with Gasteiger partial charge in [0.05, 0.1) is 5.69 Å². The molecule has 2 amide bonds. The standard InChI is InChI=1S/C31H39FN4O4S/c1-5-6-20-33-31(38)29(21-25-10-8-7-9-11-25)35(22-26-14-12-24(2)13-15-26)30(37)23-36(41(39,40)34(3)4)28-18-16-27(32)17-19-28/h7-19,29H,5-6,20-23H2,1-4H3,(H,33,38). The van der Waals surface area contributed by atoms with Crippen LogP contribution in [0.2, 0.25) is 0 Å². The first-order chi connectivity index (χ1) is 19.5. The van der Waals surface area contributed by atoms with E-state index in [4.69, 9.17) is 0 Å². The van der Waals surface area contributed by atoms with Gasteiger partial charge in [0.2, 0.25) is 11.8 Å². The van der Waals surface area contributed by atoms with E-state index in [1.165, 1.54) is 31.1 Å². The smallest absolute Gasteiger partial charge is 0.304 e. The number of rotatable bonds is 14. The minimum atomic E-state index is -4.14. The van der Waals surface area contributed by atoms with E-state index in [0.29, 0.717) is 6.54 Å². The average molecular weight is 583 g/mol. The summed E-state index contributed by atoms with van der Waals surface area (Å²) >= 11 is 0. The number of carbonyl (C=O) groups is 2. The van der Waals surface area contributed by atoms with E-state index in [1.54, 1.807) is 0 Å². The summed E-state index contributed by atoms with van der Waals surface area (Å²) < 4.78 is 42.3. The lowest BCUT2D eigenvalue weighted by Crippen LogP contribution is -2.54. The number of hydrogen-bond donors (Lipinski definition) is 1. The van der Waals surface area contributed by atoms with Crippen LogP contribution in [0.25, 0.3) is 0 Å². The van der Waals surface area contributed by atoms with Crippen molar-refractivity contribution in [1.29, 1.82) is 0 Å². The fourth-order valence-electron chi connectivity index (χ4n) is 4.27. The number of nitrogens with one attached hydrogen (secondary N) is 1. The lowest BCUT2D eigenvalue weighted by atomic mass is 10.0. The number of benzene rings is 3. The Kier molecular flexibility index (Phi) is 11.4. The van der Waals surface area contributed by atoms with Crippen molar-refractivity contribution in [3.05, 3.63) is 101 Å². The predicted molar refractivity (Wildman–Crippen MR) is 160 cm³/mol. The fraction of sp³-hybridized carbons (Fsp3) is 0.355. The van der Waals surface area contributed by atoms with Crippen molar-refractivity contribution in [1.82, 2.24) is 14.5 Å². The van der Waals surface area contributed by atoms with Gasteiger partial charge >= 0.3 is 10.2 Å². The van der Waals surface area contributed by atoms with Crippen LogP contribution < -0.4 is 9.62 Å². The normalized spacial score (nSPS) is 12.1. The molecule has 220 valence electrons. The topological polar surface area (TPSA) is 90.0 Å². The first kappa shape index (κ1) is 31.8. The van der Waals surface area contributed by atoms with Gasteiger partial charge in [-0.15, -0.1) is 0 Å². The van der Waals surface area contributed by atoms with Gasteiger partial charge in [-0.3, -0.25) is 9.59 Å². The summed E-state index contributed by atoms with van der Waals surface area (Å²) in [6, 6.07) is 21.0. The summed E-state index contributed by atoms with van der Waals surface area (Å²) in [4.78, 5) is 29.2. The Morgan fingerprint density at radius 2 is 1.54 bits per heavy atom. The second-order valence-corrected chi connectivity index (χ2v) is 12.2. The van der Waals surface area contributed by atoms with E-state index in [2.05, 4.69) is 5.32 Å². The van der Waals surface area contributed by atoms with Crippen LogP contribution >= 0.6 is 0 Å².